The Morgan fingerprint density at radius 3 is 2.81 bits per heavy atom. The number of sulfonamides is 1. The van der Waals surface area contributed by atoms with Gasteiger partial charge in [0.2, 0.25) is 15.9 Å². The van der Waals surface area contributed by atoms with Crippen LogP contribution in [0.1, 0.15) is 11.5 Å². The number of aromatic nitrogens is 1. The van der Waals surface area contributed by atoms with Crippen molar-refractivity contribution in [1.82, 2.24) is 9.29 Å². The first-order valence-corrected chi connectivity index (χ1v) is 10.1. The normalized spacial score (nSPS) is 22.9. The summed E-state index contributed by atoms with van der Waals surface area (Å²) in [4.78, 5) is 18.8. The Bertz CT molecular complexity index is 1170. The van der Waals surface area contributed by atoms with Gasteiger partial charge in [0.25, 0.3) is 0 Å². The van der Waals surface area contributed by atoms with E-state index < -0.39 is 10.0 Å². The van der Waals surface area contributed by atoms with Crippen molar-refractivity contribution in [2.24, 2.45) is 5.92 Å². The number of hydrogen-bond donors (Lipinski definition) is 0. The molecule has 0 unspecified atom stereocenters. The maximum Gasteiger partial charge on any atom is 0.243 e. The minimum atomic E-state index is -3.71. The molecule has 0 N–H and O–H groups in total. The third-order valence-corrected chi connectivity index (χ3v) is 7.41. The van der Waals surface area contributed by atoms with E-state index in [1.165, 1.54) is 10.6 Å². The SMILES string of the molecule is CN1C(=O)[C@H]2CN(S(=O)(=O)c3ccc4occc4c3)C[C@H]2c2cnccc21. The monoisotopic (exact) mass is 383 g/mol. The van der Waals surface area contributed by atoms with Gasteiger partial charge >= 0.3 is 0 Å². The third kappa shape index (κ3) is 2.33. The number of carbonyl (C=O) groups is 1. The fourth-order valence-electron chi connectivity index (χ4n) is 4.14. The summed E-state index contributed by atoms with van der Waals surface area (Å²) in [7, 11) is -1.99. The van der Waals surface area contributed by atoms with Gasteiger partial charge < -0.3 is 9.32 Å². The zero-order valence-electron chi connectivity index (χ0n) is 14.6. The van der Waals surface area contributed by atoms with Crippen molar-refractivity contribution in [2.75, 3.05) is 25.0 Å². The number of anilines is 1. The molecule has 1 saturated heterocycles. The minimum absolute atomic E-state index is 0.0540. The zero-order chi connectivity index (χ0) is 18.8. The van der Waals surface area contributed by atoms with E-state index in [4.69, 9.17) is 4.42 Å². The molecule has 8 heteroatoms. The van der Waals surface area contributed by atoms with Crippen LogP contribution in [-0.2, 0) is 14.8 Å². The van der Waals surface area contributed by atoms with Gasteiger partial charge in [0.05, 0.1) is 17.1 Å². The molecule has 27 heavy (non-hydrogen) atoms. The summed E-state index contributed by atoms with van der Waals surface area (Å²) in [6, 6.07) is 8.35. The highest BCUT2D eigenvalue weighted by molar-refractivity contribution is 7.89. The van der Waals surface area contributed by atoms with E-state index in [0.29, 0.717) is 5.58 Å². The highest BCUT2D eigenvalue weighted by Gasteiger charge is 2.48. The standard InChI is InChI=1S/C19H17N3O4S/c1-21-17-4-6-20-9-14(17)15-10-22(11-16(15)19(21)23)27(24,25)13-2-3-18-12(8-13)5-7-26-18/h2-9,15-16H,10-11H2,1H3/t15-,16-/m0/s1. The molecular weight excluding hydrogens is 366 g/mol. The number of pyridine rings is 1. The number of carbonyl (C=O) groups excluding carboxylic acids is 1. The van der Waals surface area contributed by atoms with Crippen LogP contribution in [0, 0.1) is 5.92 Å². The summed E-state index contributed by atoms with van der Waals surface area (Å²) in [5.41, 5.74) is 2.36. The second kappa shape index (κ2) is 5.64. The molecule has 0 aliphatic carbocycles. The molecule has 1 aromatic carbocycles. The van der Waals surface area contributed by atoms with E-state index in [2.05, 4.69) is 4.98 Å². The Balaban J connectivity index is 1.54. The van der Waals surface area contributed by atoms with Crippen LogP contribution < -0.4 is 4.90 Å². The van der Waals surface area contributed by atoms with Gasteiger partial charge in [0.1, 0.15) is 5.58 Å². The number of amides is 1. The van der Waals surface area contributed by atoms with Crippen molar-refractivity contribution >= 4 is 32.6 Å². The predicted octanol–water partition coefficient (Wildman–Crippen LogP) is 2.21. The molecule has 0 radical (unpaired) electrons. The molecule has 2 aliphatic heterocycles. The molecule has 0 bridgehead atoms. The Morgan fingerprint density at radius 1 is 1.15 bits per heavy atom. The lowest BCUT2D eigenvalue weighted by Gasteiger charge is -2.32. The second-order valence-electron chi connectivity index (χ2n) is 6.99. The average Bonchev–Trinajstić information content (AvgIpc) is 3.33. The van der Waals surface area contributed by atoms with E-state index in [1.807, 2.05) is 0 Å². The maximum atomic E-state index is 13.2. The number of benzene rings is 1. The topological polar surface area (TPSA) is 83.7 Å². The van der Waals surface area contributed by atoms with Gasteiger partial charge in [-0.15, -0.1) is 0 Å². The smallest absolute Gasteiger partial charge is 0.243 e. The number of rotatable bonds is 2. The van der Waals surface area contributed by atoms with E-state index in [1.54, 1.807) is 54.7 Å². The van der Waals surface area contributed by atoms with Crippen LogP contribution in [0.4, 0.5) is 5.69 Å². The summed E-state index contributed by atoms with van der Waals surface area (Å²) in [6.07, 6.45) is 4.92. The molecule has 2 aromatic heterocycles. The van der Waals surface area contributed by atoms with E-state index in [0.717, 1.165) is 16.6 Å². The summed E-state index contributed by atoms with van der Waals surface area (Å²) < 4.78 is 33.1. The predicted molar refractivity (Wildman–Crippen MR) is 98.9 cm³/mol. The third-order valence-electron chi connectivity index (χ3n) is 5.58. The molecule has 138 valence electrons. The molecule has 2 aliphatic rings. The number of hydrogen-bond acceptors (Lipinski definition) is 5. The molecular formula is C19H17N3O4S. The lowest BCUT2D eigenvalue weighted by Crippen LogP contribution is -2.41. The fourth-order valence-corrected chi connectivity index (χ4v) is 5.67. The van der Waals surface area contributed by atoms with E-state index in [9.17, 15) is 13.2 Å². The Hall–Kier alpha value is -2.71. The zero-order valence-corrected chi connectivity index (χ0v) is 15.4. The lowest BCUT2D eigenvalue weighted by molar-refractivity contribution is -0.122. The van der Waals surface area contributed by atoms with Crippen molar-refractivity contribution < 1.29 is 17.6 Å². The van der Waals surface area contributed by atoms with Crippen LogP contribution in [0.2, 0.25) is 0 Å². The molecule has 5 rings (SSSR count). The number of nitrogens with zero attached hydrogens (tertiary/aromatic N) is 3. The van der Waals surface area contributed by atoms with Gasteiger partial charge in [-0.1, -0.05) is 0 Å². The minimum Gasteiger partial charge on any atom is -0.464 e. The van der Waals surface area contributed by atoms with Crippen molar-refractivity contribution in [3.05, 3.63) is 54.6 Å². The highest BCUT2D eigenvalue weighted by Crippen LogP contribution is 2.44. The van der Waals surface area contributed by atoms with Gasteiger partial charge in [-0.25, -0.2) is 8.42 Å². The quantitative estimate of drug-likeness (QED) is 0.677. The maximum absolute atomic E-state index is 13.2. The Morgan fingerprint density at radius 2 is 1.96 bits per heavy atom. The summed E-state index contributed by atoms with van der Waals surface area (Å²) in [5, 5.41) is 0.734. The molecule has 0 spiro atoms. The largest absolute Gasteiger partial charge is 0.464 e. The van der Waals surface area contributed by atoms with Crippen LogP contribution in [0.5, 0.6) is 0 Å². The first-order chi connectivity index (χ1) is 13.0. The Labute approximate surface area is 156 Å². The van der Waals surface area contributed by atoms with E-state index in [-0.39, 0.29) is 35.7 Å². The van der Waals surface area contributed by atoms with Crippen molar-refractivity contribution in [2.45, 2.75) is 10.8 Å². The fraction of sp³-hybridized carbons (Fsp3) is 0.263. The van der Waals surface area contributed by atoms with Gasteiger partial charge in [-0.05, 0) is 35.9 Å². The number of furan rings is 1. The Kier molecular flexibility index (Phi) is 3.44. The lowest BCUT2D eigenvalue weighted by atomic mass is 9.84. The highest BCUT2D eigenvalue weighted by atomic mass is 32.2. The van der Waals surface area contributed by atoms with Crippen LogP contribution in [0.25, 0.3) is 11.0 Å². The molecule has 0 saturated carbocycles. The van der Waals surface area contributed by atoms with Crippen molar-refractivity contribution in [1.29, 1.82) is 0 Å². The molecule has 7 nitrogen and oxygen atoms in total. The van der Waals surface area contributed by atoms with Gasteiger partial charge in [-0.2, -0.15) is 4.31 Å². The second-order valence-corrected chi connectivity index (χ2v) is 8.92. The van der Waals surface area contributed by atoms with Gasteiger partial charge in [0, 0.05) is 49.5 Å². The summed E-state index contributed by atoms with van der Waals surface area (Å²) in [6.45, 7) is 0.447. The first kappa shape index (κ1) is 16.5. The summed E-state index contributed by atoms with van der Waals surface area (Å²) in [5.74, 6) is -0.620. The number of fused-ring (bicyclic) bond motifs is 4. The van der Waals surface area contributed by atoms with Crippen molar-refractivity contribution in [3.63, 3.8) is 0 Å². The summed E-state index contributed by atoms with van der Waals surface area (Å²) >= 11 is 0. The molecule has 1 fully saturated rings. The van der Waals surface area contributed by atoms with Gasteiger partial charge in [-0.3, -0.25) is 9.78 Å². The average molecular weight is 383 g/mol. The van der Waals surface area contributed by atoms with Crippen LogP contribution in [-0.4, -0.2) is 43.8 Å². The van der Waals surface area contributed by atoms with Crippen LogP contribution in [0.15, 0.2) is 58.3 Å². The van der Waals surface area contributed by atoms with Gasteiger partial charge in [0.15, 0.2) is 0 Å². The molecule has 4 heterocycles. The van der Waals surface area contributed by atoms with Crippen LogP contribution in [0.3, 0.4) is 0 Å². The van der Waals surface area contributed by atoms with E-state index >= 15 is 0 Å². The van der Waals surface area contributed by atoms with Crippen molar-refractivity contribution in [3.8, 4) is 0 Å². The molecule has 1 amide bonds. The first-order valence-electron chi connectivity index (χ1n) is 8.66. The molecule has 3 aromatic rings. The molecule has 2 atom stereocenters. The van der Waals surface area contributed by atoms with Crippen LogP contribution >= 0.6 is 0 Å².